The van der Waals surface area contributed by atoms with Gasteiger partial charge in [0, 0.05) is 32.6 Å². The number of amides is 5. The van der Waals surface area contributed by atoms with Crippen LogP contribution < -0.4 is 16.1 Å². The maximum Gasteiger partial charge on any atom is 0.265 e. The number of carbonyl (C=O) groups excluding carboxylic acids is 5. The number of halogens is 1. The summed E-state index contributed by atoms with van der Waals surface area (Å²) in [5.74, 6) is -3.32. The molecule has 37 heavy (non-hydrogen) atoms. The van der Waals surface area contributed by atoms with Crippen molar-refractivity contribution in [2.24, 2.45) is 5.92 Å². The second kappa shape index (κ2) is 13.7. The van der Waals surface area contributed by atoms with Crippen molar-refractivity contribution in [1.82, 2.24) is 25.9 Å². The summed E-state index contributed by atoms with van der Waals surface area (Å²) in [6.45, 7) is 5.51. The van der Waals surface area contributed by atoms with Crippen LogP contribution in [-0.4, -0.2) is 82.8 Å². The molecule has 2 rings (SSSR count). The predicted octanol–water partition coefficient (Wildman–Crippen LogP) is 0.820. The van der Waals surface area contributed by atoms with Crippen LogP contribution in [0.2, 0.25) is 0 Å². The molecular weight excluding hydrogens is 485 g/mol. The van der Waals surface area contributed by atoms with E-state index in [-0.39, 0.29) is 36.3 Å². The molecule has 4 N–H and O–H groups in total. The molecule has 1 saturated heterocycles. The normalized spacial score (nSPS) is 17.4. The third-order valence-electron chi connectivity index (χ3n) is 6.73. The lowest BCUT2D eigenvalue weighted by Crippen LogP contribution is -2.58. The highest BCUT2D eigenvalue weighted by atomic mass is 19.1. The van der Waals surface area contributed by atoms with E-state index in [1.807, 2.05) is 6.92 Å². The predicted molar refractivity (Wildman–Crippen MR) is 132 cm³/mol. The van der Waals surface area contributed by atoms with Crippen LogP contribution in [0, 0.1) is 11.7 Å². The molecule has 1 fully saturated rings. The topological polar surface area (TPSA) is 148 Å². The standard InChI is InChI=1S/C25H36FN5O6/c1-5-15(2)21(30(4)25(36)20-7-6-14-31(20)16(3)32)24(35)28-19(23(34)29-37)12-13-27-22(33)17-8-10-18(26)11-9-17/h8-11,15,19-21,37H,5-7,12-14H2,1-4H3,(H,27,33)(H,28,35)(H,29,34)/t15?,19-,20-,21-/m0/s1. The van der Waals surface area contributed by atoms with E-state index >= 15 is 0 Å². The van der Waals surface area contributed by atoms with Crippen molar-refractivity contribution in [3.05, 3.63) is 35.6 Å². The first-order valence-electron chi connectivity index (χ1n) is 12.3. The molecule has 1 unspecified atom stereocenters. The molecule has 0 aromatic heterocycles. The number of hydroxylamine groups is 1. The molecule has 0 saturated carbocycles. The average molecular weight is 522 g/mol. The van der Waals surface area contributed by atoms with Crippen LogP contribution in [0.25, 0.3) is 0 Å². The average Bonchev–Trinajstić information content (AvgIpc) is 3.37. The monoisotopic (exact) mass is 521 g/mol. The van der Waals surface area contributed by atoms with Crippen LogP contribution >= 0.6 is 0 Å². The largest absolute Gasteiger partial charge is 0.352 e. The van der Waals surface area contributed by atoms with Gasteiger partial charge in [0.2, 0.25) is 17.7 Å². The van der Waals surface area contributed by atoms with Crippen LogP contribution in [0.3, 0.4) is 0 Å². The molecule has 1 aromatic carbocycles. The Kier molecular flexibility index (Phi) is 11.0. The van der Waals surface area contributed by atoms with Gasteiger partial charge in [0.05, 0.1) is 0 Å². The van der Waals surface area contributed by atoms with Gasteiger partial charge in [-0.05, 0) is 49.4 Å². The fraction of sp³-hybridized carbons (Fsp3) is 0.560. The third kappa shape index (κ3) is 7.72. The van der Waals surface area contributed by atoms with Crippen LogP contribution in [0.1, 0.15) is 56.8 Å². The lowest BCUT2D eigenvalue weighted by atomic mass is 9.95. The van der Waals surface area contributed by atoms with Crippen LogP contribution in [-0.2, 0) is 19.2 Å². The van der Waals surface area contributed by atoms with Gasteiger partial charge >= 0.3 is 0 Å². The van der Waals surface area contributed by atoms with E-state index in [1.165, 1.54) is 41.4 Å². The number of hydrogen-bond acceptors (Lipinski definition) is 6. The molecule has 1 aliphatic heterocycles. The van der Waals surface area contributed by atoms with Gasteiger partial charge in [-0.1, -0.05) is 20.3 Å². The van der Waals surface area contributed by atoms with Gasteiger partial charge in [0.15, 0.2) is 0 Å². The van der Waals surface area contributed by atoms with Crippen molar-refractivity contribution >= 4 is 29.5 Å². The number of likely N-dealkylation sites (tertiary alicyclic amines) is 1. The quantitative estimate of drug-likeness (QED) is 0.250. The van der Waals surface area contributed by atoms with Crippen LogP contribution in [0.4, 0.5) is 4.39 Å². The first-order valence-corrected chi connectivity index (χ1v) is 12.3. The van der Waals surface area contributed by atoms with E-state index in [1.54, 1.807) is 6.92 Å². The second-order valence-electron chi connectivity index (χ2n) is 9.24. The minimum absolute atomic E-state index is 0.0347. The summed E-state index contributed by atoms with van der Waals surface area (Å²) in [7, 11) is 1.50. The van der Waals surface area contributed by atoms with Gasteiger partial charge in [0.1, 0.15) is 23.9 Å². The highest BCUT2D eigenvalue weighted by Gasteiger charge is 2.40. The summed E-state index contributed by atoms with van der Waals surface area (Å²) in [5, 5.41) is 14.3. The van der Waals surface area contributed by atoms with E-state index in [0.29, 0.717) is 25.8 Å². The van der Waals surface area contributed by atoms with Crippen molar-refractivity contribution in [2.75, 3.05) is 20.1 Å². The highest BCUT2D eigenvalue weighted by Crippen LogP contribution is 2.22. The van der Waals surface area contributed by atoms with Crippen molar-refractivity contribution < 1.29 is 33.6 Å². The van der Waals surface area contributed by atoms with Gasteiger partial charge in [-0.3, -0.25) is 29.2 Å². The first kappa shape index (κ1) is 29.7. The molecule has 0 radical (unpaired) electrons. The lowest BCUT2D eigenvalue weighted by Gasteiger charge is -2.35. The van der Waals surface area contributed by atoms with Gasteiger partial charge in [-0.25, -0.2) is 9.87 Å². The van der Waals surface area contributed by atoms with E-state index in [4.69, 9.17) is 0 Å². The minimum atomic E-state index is -1.21. The van der Waals surface area contributed by atoms with Crippen molar-refractivity contribution in [2.45, 2.75) is 64.6 Å². The number of rotatable bonds is 11. The maximum atomic E-state index is 13.3. The van der Waals surface area contributed by atoms with Gasteiger partial charge in [-0.2, -0.15) is 0 Å². The number of carbonyl (C=O) groups is 5. The fourth-order valence-corrected chi connectivity index (χ4v) is 4.45. The Morgan fingerprint density at radius 2 is 1.81 bits per heavy atom. The van der Waals surface area contributed by atoms with E-state index in [2.05, 4.69) is 10.6 Å². The number of nitrogens with zero attached hydrogens (tertiary/aromatic N) is 2. The molecule has 1 aliphatic rings. The third-order valence-corrected chi connectivity index (χ3v) is 6.73. The zero-order valence-electron chi connectivity index (χ0n) is 21.6. The SMILES string of the molecule is CCC(C)[C@@H](C(=O)N[C@@H](CCNC(=O)c1ccc(F)cc1)C(=O)NO)N(C)C(=O)[C@@H]1CCCN1C(C)=O. The lowest BCUT2D eigenvalue weighted by molar-refractivity contribution is -0.148. The Balaban J connectivity index is 2.10. The Hall–Kier alpha value is -3.54. The number of benzene rings is 1. The Morgan fingerprint density at radius 3 is 2.38 bits per heavy atom. The Labute approximate surface area is 215 Å². The summed E-state index contributed by atoms with van der Waals surface area (Å²) < 4.78 is 13.1. The summed E-state index contributed by atoms with van der Waals surface area (Å²) in [6, 6.07) is 2.11. The molecule has 0 bridgehead atoms. The van der Waals surface area contributed by atoms with Crippen molar-refractivity contribution in [3.8, 4) is 0 Å². The maximum absolute atomic E-state index is 13.3. The zero-order valence-corrected chi connectivity index (χ0v) is 21.6. The fourth-order valence-electron chi connectivity index (χ4n) is 4.45. The molecule has 0 aliphatic carbocycles. The minimum Gasteiger partial charge on any atom is -0.352 e. The van der Waals surface area contributed by atoms with Gasteiger partial charge in [0.25, 0.3) is 11.8 Å². The molecule has 204 valence electrons. The van der Waals surface area contributed by atoms with Crippen molar-refractivity contribution in [1.29, 1.82) is 0 Å². The van der Waals surface area contributed by atoms with E-state index < -0.39 is 41.7 Å². The Bertz CT molecular complexity index is 988. The molecule has 1 heterocycles. The molecule has 12 heteroatoms. The van der Waals surface area contributed by atoms with Crippen LogP contribution in [0.5, 0.6) is 0 Å². The molecule has 4 atom stereocenters. The van der Waals surface area contributed by atoms with E-state index in [9.17, 15) is 33.6 Å². The molecule has 11 nitrogen and oxygen atoms in total. The number of nitrogens with one attached hydrogen (secondary N) is 3. The Morgan fingerprint density at radius 1 is 1.16 bits per heavy atom. The van der Waals surface area contributed by atoms with Crippen molar-refractivity contribution in [3.63, 3.8) is 0 Å². The van der Waals surface area contributed by atoms with Gasteiger partial charge in [-0.15, -0.1) is 0 Å². The molecule has 5 amide bonds. The summed E-state index contributed by atoms with van der Waals surface area (Å²) in [4.78, 5) is 65.9. The number of likely N-dealkylation sites (N-methyl/N-ethyl adjacent to an activating group) is 1. The molecular formula is C25H36FN5O6. The van der Waals surface area contributed by atoms with Crippen LogP contribution in [0.15, 0.2) is 24.3 Å². The van der Waals surface area contributed by atoms with Gasteiger partial charge < -0.3 is 20.4 Å². The van der Waals surface area contributed by atoms with E-state index in [0.717, 1.165) is 12.1 Å². The molecule has 0 spiro atoms. The zero-order chi connectivity index (χ0) is 27.7. The highest BCUT2D eigenvalue weighted by molar-refractivity contribution is 5.95. The summed E-state index contributed by atoms with van der Waals surface area (Å²) in [5.41, 5.74) is 1.73. The second-order valence-corrected chi connectivity index (χ2v) is 9.24. The first-order chi connectivity index (χ1) is 17.5. The summed E-state index contributed by atoms with van der Waals surface area (Å²) in [6.07, 6.45) is 1.69. The number of hydrogen-bond donors (Lipinski definition) is 4. The molecule has 1 aromatic rings. The summed E-state index contributed by atoms with van der Waals surface area (Å²) >= 11 is 0. The smallest absolute Gasteiger partial charge is 0.265 e.